The zero-order chi connectivity index (χ0) is 7.28. The Morgan fingerprint density at radius 2 is 2.20 bits per heavy atom. The van der Waals surface area contributed by atoms with Gasteiger partial charge in [0, 0.05) is 5.57 Å². The molecule has 0 aliphatic heterocycles. The first-order valence-corrected chi connectivity index (χ1v) is 2.59. The highest BCUT2D eigenvalue weighted by Crippen LogP contribution is 1.99. The van der Waals surface area contributed by atoms with Gasteiger partial charge in [-0.15, -0.1) is 6.58 Å². The predicted molar refractivity (Wildman–Crippen MR) is 42.4 cm³/mol. The van der Waals surface area contributed by atoms with Crippen LogP contribution in [-0.2, 0) is 9.53 Å². The molecule has 2 heteroatoms. The summed E-state index contributed by atoms with van der Waals surface area (Å²) >= 11 is 0. The number of rotatable bonds is 3. The van der Waals surface area contributed by atoms with Crippen LogP contribution in [0.4, 0.5) is 0 Å². The van der Waals surface area contributed by atoms with Crippen molar-refractivity contribution in [2.24, 2.45) is 0 Å². The number of esters is 1. The van der Waals surface area contributed by atoms with Gasteiger partial charge in [-0.1, -0.05) is 20.1 Å². The molecule has 57 valence electrons. The summed E-state index contributed by atoms with van der Waals surface area (Å²) in [7, 11) is 1.33. The van der Waals surface area contributed by atoms with E-state index in [-0.39, 0.29) is 13.4 Å². The molecule has 0 saturated carbocycles. The molecule has 0 rings (SSSR count). The maximum absolute atomic E-state index is 10.5. The van der Waals surface area contributed by atoms with Crippen LogP contribution in [-0.4, -0.2) is 13.1 Å². The minimum absolute atomic E-state index is 0. The van der Waals surface area contributed by atoms with Crippen LogP contribution in [0, 0.1) is 7.43 Å². The number of ether oxygens (including phenoxy) is 1. The van der Waals surface area contributed by atoms with E-state index in [1.807, 2.05) is 0 Å². The molecule has 0 saturated heterocycles. The highest BCUT2D eigenvalue weighted by molar-refractivity contribution is 5.87. The average Bonchev–Trinajstić information content (AvgIpc) is 1.87. The Hall–Kier alpha value is -1.05. The van der Waals surface area contributed by atoms with Crippen molar-refractivity contribution < 1.29 is 9.53 Å². The number of hydrogen-bond acceptors (Lipinski definition) is 2. The first kappa shape index (κ1) is 11.7. The van der Waals surface area contributed by atoms with Gasteiger partial charge in [0.15, 0.2) is 0 Å². The van der Waals surface area contributed by atoms with E-state index < -0.39 is 0 Å². The fraction of sp³-hybridized carbons (Fsp3) is 0.250. The van der Waals surface area contributed by atoms with Crippen LogP contribution in [0.3, 0.4) is 0 Å². The number of allylic oxidation sites excluding steroid dienone is 1. The summed E-state index contributed by atoms with van der Waals surface area (Å²) < 4.78 is 4.38. The summed E-state index contributed by atoms with van der Waals surface area (Å²) in [5.41, 5.74) is 0.438. The van der Waals surface area contributed by atoms with Crippen LogP contribution >= 0.6 is 0 Å². The van der Waals surface area contributed by atoms with Crippen LogP contribution < -0.4 is 0 Å². The monoisotopic (exact) mass is 141 g/mol. The summed E-state index contributed by atoms with van der Waals surface area (Å²) in [5.74, 6) is -0.366. The highest BCUT2D eigenvalue weighted by atomic mass is 16.5. The molecule has 0 aliphatic carbocycles. The molecule has 2 nitrogen and oxygen atoms in total. The zero-order valence-electron chi connectivity index (χ0n) is 6.52. The predicted octanol–water partition coefficient (Wildman–Crippen LogP) is 1.74. The molecule has 0 bridgehead atoms. The van der Waals surface area contributed by atoms with Gasteiger partial charge in [0.2, 0.25) is 0 Å². The number of carbonyl (C=O) groups excluding carboxylic acids is 1. The lowest BCUT2D eigenvalue weighted by atomic mass is 10.2. The van der Waals surface area contributed by atoms with E-state index in [0.29, 0.717) is 12.0 Å². The Balaban J connectivity index is 0. The minimum Gasteiger partial charge on any atom is -0.466 e. The van der Waals surface area contributed by atoms with Gasteiger partial charge in [-0.05, 0) is 6.42 Å². The Labute approximate surface area is 62.2 Å². The molecule has 0 atom stereocenters. The van der Waals surface area contributed by atoms with Gasteiger partial charge >= 0.3 is 5.97 Å². The van der Waals surface area contributed by atoms with Gasteiger partial charge in [0.25, 0.3) is 0 Å². The number of hydrogen-bond donors (Lipinski definition) is 0. The summed E-state index contributed by atoms with van der Waals surface area (Å²) in [5, 5.41) is 0. The summed E-state index contributed by atoms with van der Waals surface area (Å²) in [4.78, 5) is 10.5. The van der Waals surface area contributed by atoms with Crippen molar-refractivity contribution in [1.82, 2.24) is 0 Å². The molecule has 0 aromatic heterocycles. The van der Waals surface area contributed by atoms with Crippen LogP contribution in [0.2, 0.25) is 0 Å². The van der Waals surface area contributed by atoms with Gasteiger partial charge in [-0.3, -0.25) is 0 Å². The molecule has 0 aromatic rings. The summed E-state index contributed by atoms with van der Waals surface area (Å²) in [6.45, 7) is 6.92. The van der Waals surface area contributed by atoms with Crippen LogP contribution in [0.25, 0.3) is 0 Å². The fourth-order valence-electron chi connectivity index (χ4n) is 0.402. The average molecular weight is 141 g/mol. The first-order valence-electron chi connectivity index (χ1n) is 2.59. The van der Waals surface area contributed by atoms with Crippen LogP contribution in [0.1, 0.15) is 6.42 Å². The third-order valence-corrected chi connectivity index (χ3v) is 0.865. The molecule has 0 amide bonds. The molecule has 10 heavy (non-hydrogen) atoms. The molecule has 0 aliphatic rings. The maximum Gasteiger partial charge on any atom is 0.333 e. The third kappa shape index (κ3) is 3.89. The lowest BCUT2D eigenvalue weighted by molar-refractivity contribution is -0.136. The molecule has 0 spiro atoms. The topological polar surface area (TPSA) is 26.3 Å². The molecule has 0 N–H and O–H groups in total. The molecular weight excluding hydrogens is 128 g/mol. The lowest BCUT2D eigenvalue weighted by Gasteiger charge is -1.96. The summed E-state index contributed by atoms with van der Waals surface area (Å²) in [6.07, 6.45) is 2.10. The second-order valence-electron chi connectivity index (χ2n) is 1.59. The smallest absolute Gasteiger partial charge is 0.333 e. The molecule has 0 fully saturated rings. The van der Waals surface area contributed by atoms with Crippen molar-refractivity contribution in [3.63, 3.8) is 0 Å². The van der Waals surface area contributed by atoms with Crippen LogP contribution in [0.5, 0.6) is 0 Å². The Bertz CT molecular complexity index is 136. The second-order valence-corrected chi connectivity index (χ2v) is 1.59. The largest absolute Gasteiger partial charge is 0.466 e. The normalized spacial score (nSPS) is 7.30. The van der Waals surface area contributed by atoms with Crippen molar-refractivity contribution in [1.29, 1.82) is 0 Å². The van der Waals surface area contributed by atoms with E-state index in [1.54, 1.807) is 6.08 Å². The summed E-state index contributed by atoms with van der Waals surface area (Å²) in [6, 6.07) is 0. The maximum atomic E-state index is 10.5. The van der Waals surface area contributed by atoms with Gasteiger partial charge in [-0.2, -0.15) is 0 Å². The van der Waals surface area contributed by atoms with E-state index in [4.69, 9.17) is 0 Å². The van der Waals surface area contributed by atoms with E-state index >= 15 is 0 Å². The van der Waals surface area contributed by atoms with Crippen molar-refractivity contribution in [3.05, 3.63) is 32.2 Å². The van der Waals surface area contributed by atoms with E-state index in [2.05, 4.69) is 17.9 Å². The van der Waals surface area contributed by atoms with E-state index in [0.717, 1.165) is 0 Å². The van der Waals surface area contributed by atoms with E-state index in [1.165, 1.54) is 7.11 Å². The van der Waals surface area contributed by atoms with Crippen LogP contribution in [0.15, 0.2) is 24.8 Å². The zero-order valence-corrected chi connectivity index (χ0v) is 6.52. The third-order valence-electron chi connectivity index (χ3n) is 0.865. The number of carbonyl (C=O) groups is 1. The second kappa shape index (κ2) is 6.08. The Morgan fingerprint density at radius 1 is 1.70 bits per heavy atom. The Kier molecular flexibility index (Phi) is 7.12. The molecule has 0 unspecified atom stereocenters. The van der Waals surface area contributed by atoms with E-state index in [9.17, 15) is 4.79 Å². The van der Waals surface area contributed by atoms with Gasteiger partial charge in [0.1, 0.15) is 0 Å². The molecule has 0 aromatic carbocycles. The standard InChI is InChI=1S/C7H10O2.CH3/c1-4-5-6(2)7(8)9-3;/h4H,1-2,5H2,3H3;1H3. The van der Waals surface area contributed by atoms with Gasteiger partial charge in [0.05, 0.1) is 7.11 Å². The Morgan fingerprint density at radius 3 is 2.50 bits per heavy atom. The first-order chi connectivity index (χ1) is 4.22. The minimum atomic E-state index is -0.366. The van der Waals surface area contributed by atoms with Gasteiger partial charge in [-0.25, -0.2) is 4.79 Å². The number of methoxy groups -OCH3 is 1. The SMILES string of the molecule is C=CCC(=C)C(=O)OC.[CH3]. The molecule has 0 heterocycles. The molecular formula is C8H13O2. The fourth-order valence-corrected chi connectivity index (χ4v) is 0.402. The van der Waals surface area contributed by atoms with Crippen molar-refractivity contribution in [2.75, 3.05) is 7.11 Å². The molecule has 1 radical (unpaired) electrons. The van der Waals surface area contributed by atoms with Crippen molar-refractivity contribution in [2.45, 2.75) is 6.42 Å². The highest BCUT2D eigenvalue weighted by Gasteiger charge is 2.01. The van der Waals surface area contributed by atoms with Gasteiger partial charge < -0.3 is 4.74 Å². The lowest BCUT2D eigenvalue weighted by Crippen LogP contribution is -2.01. The quantitative estimate of drug-likeness (QED) is 0.340. The van der Waals surface area contributed by atoms with Crippen molar-refractivity contribution >= 4 is 5.97 Å². The van der Waals surface area contributed by atoms with Crippen molar-refractivity contribution in [3.8, 4) is 0 Å².